The standard InChI is InChI=1S/C10H11N3O/c1-12-7-8-13(11-10(12)14)9-5-3-2-4-6-9/h2-8H,1H3,(H,11,14). The maximum atomic E-state index is 11.3. The van der Waals surface area contributed by atoms with Crippen LogP contribution in [0.5, 0.6) is 0 Å². The highest BCUT2D eigenvalue weighted by Crippen LogP contribution is 2.13. The van der Waals surface area contributed by atoms with Crippen LogP contribution in [0, 0.1) is 0 Å². The third-order valence-electron chi connectivity index (χ3n) is 2.01. The van der Waals surface area contributed by atoms with E-state index in [1.807, 2.05) is 30.3 Å². The van der Waals surface area contributed by atoms with Gasteiger partial charge in [-0.1, -0.05) is 18.2 Å². The van der Waals surface area contributed by atoms with Gasteiger partial charge in [0.2, 0.25) is 0 Å². The number of carbonyl (C=O) groups excluding carboxylic acids is 1. The summed E-state index contributed by atoms with van der Waals surface area (Å²) in [4.78, 5) is 12.8. The van der Waals surface area contributed by atoms with Crippen molar-refractivity contribution in [3.8, 4) is 0 Å². The lowest BCUT2D eigenvalue weighted by atomic mass is 10.3. The molecule has 4 nitrogen and oxygen atoms in total. The van der Waals surface area contributed by atoms with Gasteiger partial charge in [-0.25, -0.2) is 10.2 Å². The van der Waals surface area contributed by atoms with E-state index >= 15 is 0 Å². The summed E-state index contributed by atoms with van der Waals surface area (Å²) in [5.41, 5.74) is 3.65. The molecule has 1 aromatic carbocycles. The summed E-state index contributed by atoms with van der Waals surface area (Å²) in [6.07, 6.45) is 3.52. The molecule has 0 atom stereocenters. The summed E-state index contributed by atoms with van der Waals surface area (Å²) in [5.74, 6) is 0. The normalized spacial score (nSPS) is 15.6. The van der Waals surface area contributed by atoms with Crippen LogP contribution < -0.4 is 10.4 Å². The minimum Gasteiger partial charge on any atom is -0.301 e. The Morgan fingerprint density at radius 1 is 1.14 bits per heavy atom. The summed E-state index contributed by atoms with van der Waals surface area (Å²) in [6, 6.07) is 9.49. The molecule has 0 aliphatic carbocycles. The average Bonchev–Trinajstić information content (AvgIpc) is 2.23. The quantitative estimate of drug-likeness (QED) is 0.727. The molecular weight excluding hydrogens is 178 g/mol. The summed E-state index contributed by atoms with van der Waals surface area (Å²) in [6.45, 7) is 0. The second kappa shape index (κ2) is 3.41. The highest BCUT2D eigenvalue weighted by molar-refractivity contribution is 5.79. The molecule has 1 aliphatic heterocycles. The number of carbonyl (C=O) groups is 1. The molecule has 0 aromatic heterocycles. The van der Waals surface area contributed by atoms with Gasteiger partial charge in [-0.15, -0.1) is 0 Å². The number of urea groups is 1. The Kier molecular flexibility index (Phi) is 2.10. The predicted molar refractivity (Wildman–Crippen MR) is 54.4 cm³/mol. The Morgan fingerprint density at radius 2 is 1.86 bits per heavy atom. The van der Waals surface area contributed by atoms with Crippen molar-refractivity contribution in [1.29, 1.82) is 0 Å². The topological polar surface area (TPSA) is 35.6 Å². The lowest BCUT2D eigenvalue weighted by molar-refractivity contribution is 0.219. The first kappa shape index (κ1) is 8.62. The fourth-order valence-electron chi connectivity index (χ4n) is 1.19. The molecule has 2 rings (SSSR count). The van der Waals surface area contributed by atoms with E-state index in [0.29, 0.717) is 0 Å². The SMILES string of the molecule is CN1C=CN(c2ccccc2)NC1=O. The van der Waals surface area contributed by atoms with Crippen molar-refractivity contribution in [2.45, 2.75) is 0 Å². The molecule has 1 aromatic rings. The van der Waals surface area contributed by atoms with E-state index in [0.717, 1.165) is 5.69 Å². The number of amides is 2. The Morgan fingerprint density at radius 3 is 2.50 bits per heavy atom. The van der Waals surface area contributed by atoms with Crippen LogP contribution in [0.15, 0.2) is 42.7 Å². The van der Waals surface area contributed by atoms with Crippen molar-refractivity contribution in [1.82, 2.24) is 10.3 Å². The molecule has 4 heteroatoms. The number of nitrogens with one attached hydrogen (secondary N) is 1. The van der Waals surface area contributed by atoms with E-state index in [-0.39, 0.29) is 6.03 Å². The van der Waals surface area contributed by atoms with Gasteiger partial charge in [-0.3, -0.25) is 5.01 Å². The highest BCUT2D eigenvalue weighted by Gasteiger charge is 2.14. The minimum atomic E-state index is -0.142. The zero-order chi connectivity index (χ0) is 9.97. The van der Waals surface area contributed by atoms with E-state index in [1.54, 1.807) is 24.5 Å². The van der Waals surface area contributed by atoms with Crippen LogP contribution in [0.3, 0.4) is 0 Å². The number of para-hydroxylation sites is 1. The molecule has 0 saturated heterocycles. The minimum absolute atomic E-state index is 0.142. The number of hydrazine groups is 1. The summed E-state index contributed by atoms with van der Waals surface area (Å²) in [7, 11) is 1.70. The van der Waals surface area contributed by atoms with Crippen LogP contribution in [-0.2, 0) is 0 Å². The van der Waals surface area contributed by atoms with Gasteiger partial charge in [0.05, 0.1) is 5.69 Å². The molecule has 1 aliphatic rings. The largest absolute Gasteiger partial charge is 0.340 e. The van der Waals surface area contributed by atoms with Crippen LogP contribution in [0.1, 0.15) is 0 Å². The van der Waals surface area contributed by atoms with Crippen LogP contribution in [0.25, 0.3) is 0 Å². The monoisotopic (exact) mass is 189 g/mol. The van der Waals surface area contributed by atoms with E-state index in [2.05, 4.69) is 5.43 Å². The van der Waals surface area contributed by atoms with Crippen LogP contribution in [0.2, 0.25) is 0 Å². The van der Waals surface area contributed by atoms with Crippen LogP contribution >= 0.6 is 0 Å². The van der Waals surface area contributed by atoms with Crippen molar-refractivity contribution in [2.75, 3.05) is 12.1 Å². The molecule has 1 heterocycles. The molecule has 0 bridgehead atoms. The Hall–Kier alpha value is -1.97. The van der Waals surface area contributed by atoms with Crippen molar-refractivity contribution in [3.63, 3.8) is 0 Å². The second-order valence-corrected chi connectivity index (χ2v) is 3.03. The van der Waals surface area contributed by atoms with Crippen LogP contribution in [0.4, 0.5) is 10.5 Å². The van der Waals surface area contributed by atoms with Gasteiger partial charge in [0.25, 0.3) is 0 Å². The van der Waals surface area contributed by atoms with Crippen molar-refractivity contribution in [3.05, 3.63) is 42.7 Å². The number of nitrogens with zero attached hydrogens (tertiary/aromatic N) is 2. The maximum Gasteiger partial charge on any atom is 0.340 e. The van der Waals surface area contributed by atoms with Gasteiger partial charge in [-0.2, -0.15) is 0 Å². The fraction of sp³-hybridized carbons (Fsp3) is 0.100. The molecule has 0 fully saturated rings. The summed E-state index contributed by atoms with van der Waals surface area (Å²) in [5, 5.41) is 1.68. The van der Waals surface area contributed by atoms with Gasteiger partial charge >= 0.3 is 6.03 Å². The number of hydrogen-bond acceptors (Lipinski definition) is 2. The van der Waals surface area contributed by atoms with Crippen molar-refractivity contribution < 1.29 is 4.79 Å². The van der Waals surface area contributed by atoms with Gasteiger partial charge in [0.1, 0.15) is 0 Å². The second-order valence-electron chi connectivity index (χ2n) is 3.03. The third kappa shape index (κ3) is 1.54. The van der Waals surface area contributed by atoms with Crippen LogP contribution in [-0.4, -0.2) is 18.0 Å². The average molecular weight is 189 g/mol. The lowest BCUT2D eigenvalue weighted by Gasteiger charge is -2.28. The zero-order valence-corrected chi connectivity index (χ0v) is 7.84. The zero-order valence-electron chi connectivity index (χ0n) is 7.84. The molecule has 1 N–H and O–H groups in total. The van der Waals surface area contributed by atoms with E-state index in [4.69, 9.17) is 0 Å². The van der Waals surface area contributed by atoms with Crippen molar-refractivity contribution in [2.24, 2.45) is 0 Å². The van der Waals surface area contributed by atoms with Gasteiger partial charge in [0.15, 0.2) is 0 Å². The molecule has 0 unspecified atom stereocenters. The van der Waals surface area contributed by atoms with Gasteiger partial charge < -0.3 is 4.90 Å². The first-order chi connectivity index (χ1) is 6.77. The highest BCUT2D eigenvalue weighted by atomic mass is 16.2. The number of benzene rings is 1. The van der Waals surface area contributed by atoms with E-state index < -0.39 is 0 Å². The molecule has 0 spiro atoms. The Balaban J connectivity index is 2.22. The molecular formula is C10H11N3O. The summed E-state index contributed by atoms with van der Waals surface area (Å²) >= 11 is 0. The Bertz CT molecular complexity index is 361. The first-order valence-corrected chi connectivity index (χ1v) is 4.33. The smallest absolute Gasteiger partial charge is 0.301 e. The summed E-state index contributed by atoms with van der Waals surface area (Å²) < 4.78 is 0. The molecule has 0 saturated carbocycles. The number of anilines is 1. The first-order valence-electron chi connectivity index (χ1n) is 4.33. The fourth-order valence-corrected chi connectivity index (χ4v) is 1.19. The molecule has 0 radical (unpaired) electrons. The van der Waals surface area contributed by atoms with Gasteiger partial charge in [-0.05, 0) is 12.1 Å². The molecule has 72 valence electrons. The third-order valence-corrected chi connectivity index (χ3v) is 2.01. The van der Waals surface area contributed by atoms with Gasteiger partial charge in [0, 0.05) is 19.4 Å². The van der Waals surface area contributed by atoms with Crippen molar-refractivity contribution >= 4 is 11.7 Å². The van der Waals surface area contributed by atoms with E-state index in [1.165, 1.54) is 4.90 Å². The number of hydrogen-bond donors (Lipinski definition) is 1. The lowest BCUT2D eigenvalue weighted by Crippen LogP contribution is -2.47. The maximum absolute atomic E-state index is 11.3. The molecule has 2 amide bonds. The Labute approximate surface area is 82.4 Å². The molecule has 14 heavy (non-hydrogen) atoms. The van der Waals surface area contributed by atoms with E-state index in [9.17, 15) is 4.79 Å². The predicted octanol–water partition coefficient (Wildman–Crippen LogP) is 1.53. The number of rotatable bonds is 1.